The summed E-state index contributed by atoms with van der Waals surface area (Å²) in [5, 5.41) is 3.48. The first-order chi connectivity index (χ1) is 15.6. The van der Waals surface area contributed by atoms with E-state index < -0.39 is 12.0 Å². The fourth-order valence-electron chi connectivity index (χ4n) is 3.98. The van der Waals surface area contributed by atoms with Crippen molar-refractivity contribution in [3.05, 3.63) is 114 Å². The molecular weight excluding hydrogens is 400 g/mol. The molecule has 0 aromatic heterocycles. The lowest BCUT2D eigenvalue weighted by molar-refractivity contribution is -0.130. The number of anilines is 1. The molecule has 1 aliphatic rings. The fourth-order valence-corrected chi connectivity index (χ4v) is 3.98. The zero-order valence-electron chi connectivity index (χ0n) is 17.9. The maximum Gasteiger partial charge on any atom is 0.338 e. The first kappa shape index (κ1) is 21.4. The van der Waals surface area contributed by atoms with Gasteiger partial charge >= 0.3 is 5.97 Å². The molecule has 0 bridgehead atoms. The Kier molecular flexibility index (Phi) is 6.66. The maximum absolute atomic E-state index is 12.9. The van der Waals surface area contributed by atoms with E-state index in [0.717, 1.165) is 11.3 Å². The SMILES string of the molecule is C[C@H](Nc1ccccc1)[C@@H]1C=CC(=O)N1[C@@H](COC(=O)c1ccccc1)c1ccccc1. The van der Waals surface area contributed by atoms with Crippen molar-refractivity contribution in [2.75, 3.05) is 11.9 Å². The van der Waals surface area contributed by atoms with E-state index in [4.69, 9.17) is 4.74 Å². The first-order valence-electron chi connectivity index (χ1n) is 10.7. The van der Waals surface area contributed by atoms with E-state index >= 15 is 0 Å². The number of carbonyl (C=O) groups excluding carboxylic acids is 2. The summed E-state index contributed by atoms with van der Waals surface area (Å²) in [5.41, 5.74) is 2.39. The van der Waals surface area contributed by atoms with Gasteiger partial charge in [0, 0.05) is 17.8 Å². The van der Waals surface area contributed by atoms with Crippen LogP contribution < -0.4 is 5.32 Å². The summed E-state index contributed by atoms with van der Waals surface area (Å²) in [7, 11) is 0. The lowest BCUT2D eigenvalue weighted by Gasteiger charge is -2.36. The monoisotopic (exact) mass is 426 g/mol. The summed E-state index contributed by atoms with van der Waals surface area (Å²) in [5.74, 6) is -0.500. The average Bonchev–Trinajstić information content (AvgIpc) is 3.22. The van der Waals surface area contributed by atoms with Crippen LogP contribution >= 0.6 is 0 Å². The molecule has 3 aromatic rings. The molecule has 3 aromatic carbocycles. The number of rotatable bonds is 8. The van der Waals surface area contributed by atoms with Gasteiger partial charge < -0.3 is 15.0 Å². The molecule has 0 unspecified atom stereocenters. The Labute approximate surface area is 188 Å². The Bertz CT molecular complexity index is 1070. The van der Waals surface area contributed by atoms with Gasteiger partial charge in [-0.05, 0) is 36.8 Å². The number of benzene rings is 3. The van der Waals surface area contributed by atoms with Crippen molar-refractivity contribution in [3.63, 3.8) is 0 Å². The number of esters is 1. The van der Waals surface area contributed by atoms with Crippen LogP contribution in [0.1, 0.15) is 28.9 Å². The summed E-state index contributed by atoms with van der Waals surface area (Å²) < 4.78 is 5.67. The Morgan fingerprint density at radius 2 is 1.53 bits per heavy atom. The highest BCUT2D eigenvalue weighted by molar-refractivity contribution is 5.91. The van der Waals surface area contributed by atoms with Crippen molar-refractivity contribution in [2.24, 2.45) is 0 Å². The van der Waals surface area contributed by atoms with Gasteiger partial charge in [-0.15, -0.1) is 0 Å². The van der Waals surface area contributed by atoms with E-state index in [2.05, 4.69) is 5.32 Å². The minimum absolute atomic E-state index is 0.0452. The molecule has 1 N–H and O–H groups in total. The zero-order valence-corrected chi connectivity index (χ0v) is 17.9. The van der Waals surface area contributed by atoms with E-state index in [-0.39, 0.29) is 24.6 Å². The molecule has 0 fully saturated rings. The minimum atomic E-state index is -0.406. The highest BCUT2D eigenvalue weighted by atomic mass is 16.5. The smallest absolute Gasteiger partial charge is 0.338 e. The molecule has 0 radical (unpaired) electrons. The number of hydrogen-bond donors (Lipinski definition) is 1. The molecule has 1 amide bonds. The Morgan fingerprint density at radius 3 is 2.19 bits per heavy atom. The summed E-state index contributed by atoms with van der Waals surface area (Å²) in [6.45, 7) is 2.12. The summed E-state index contributed by atoms with van der Waals surface area (Å²) in [6.07, 6.45) is 3.51. The van der Waals surface area contributed by atoms with Gasteiger partial charge in [0.05, 0.1) is 17.6 Å². The predicted molar refractivity (Wildman–Crippen MR) is 125 cm³/mol. The topological polar surface area (TPSA) is 58.6 Å². The third-order valence-corrected chi connectivity index (χ3v) is 5.59. The quantitative estimate of drug-likeness (QED) is 0.523. The van der Waals surface area contributed by atoms with Crippen LogP contribution in [-0.4, -0.2) is 35.5 Å². The number of amides is 1. The average molecular weight is 427 g/mol. The molecule has 3 atom stereocenters. The van der Waals surface area contributed by atoms with Crippen molar-refractivity contribution in [1.82, 2.24) is 4.90 Å². The molecule has 0 spiro atoms. The largest absolute Gasteiger partial charge is 0.460 e. The normalized spacial score (nSPS) is 17.1. The molecule has 5 heteroatoms. The van der Waals surface area contributed by atoms with E-state index in [1.54, 1.807) is 35.2 Å². The Morgan fingerprint density at radius 1 is 0.938 bits per heavy atom. The van der Waals surface area contributed by atoms with Gasteiger partial charge in [0.2, 0.25) is 5.91 Å². The second kappa shape index (κ2) is 9.96. The van der Waals surface area contributed by atoms with Crippen molar-refractivity contribution in [3.8, 4) is 0 Å². The lowest BCUT2D eigenvalue weighted by atomic mass is 10.0. The van der Waals surface area contributed by atoms with E-state index in [0.29, 0.717) is 5.56 Å². The van der Waals surface area contributed by atoms with Crippen LogP contribution in [-0.2, 0) is 9.53 Å². The van der Waals surface area contributed by atoms with Crippen LogP contribution in [0.15, 0.2) is 103 Å². The standard InChI is InChI=1S/C27H26N2O3/c1-20(28-23-15-9-4-10-16-23)24-17-18-26(30)29(24)25(21-11-5-2-6-12-21)19-32-27(31)22-13-7-3-8-14-22/h2-18,20,24-25,28H,19H2,1H3/t20-,24-,25-/m0/s1. The number of carbonyl (C=O) groups is 2. The molecule has 0 saturated heterocycles. The molecule has 1 heterocycles. The molecule has 5 nitrogen and oxygen atoms in total. The number of nitrogens with zero attached hydrogens (tertiary/aromatic N) is 1. The number of para-hydroxylation sites is 1. The van der Waals surface area contributed by atoms with Crippen molar-refractivity contribution in [1.29, 1.82) is 0 Å². The van der Waals surface area contributed by atoms with Crippen molar-refractivity contribution in [2.45, 2.75) is 25.0 Å². The first-order valence-corrected chi connectivity index (χ1v) is 10.7. The van der Waals surface area contributed by atoms with Gasteiger partial charge in [-0.1, -0.05) is 72.8 Å². The number of hydrogen-bond acceptors (Lipinski definition) is 4. The Balaban J connectivity index is 1.56. The molecule has 0 aliphatic carbocycles. The summed E-state index contributed by atoms with van der Waals surface area (Å²) >= 11 is 0. The molecule has 4 rings (SSSR count). The van der Waals surface area contributed by atoms with Gasteiger partial charge in [-0.25, -0.2) is 4.79 Å². The lowest BCUT2D eigenvalue weighted by Crippen LogP contribution is -2.47. The van der Waals surface area contributed by atoms with Gasteiger partial charge in [0.25, 0.3) is 0 Å². The molecule has 162 valence electrons. The van der Waals surface area contributed by atoms with Crippen LogP contribution in [0.5, 0.6) is 0 Å². The van der Waals surface area contributed by atoms with Crippen molar-refractivity contribution < 1.29 is 14.3 Å². The minimum Gasteiger partial charge on any atom is -0.460 e. The number of nitrogens with one attached hydrogen (secondary N) is 1. The van der Waals surface area contributed by atoms with Crippen LogP contribution in [0.2, 0.25) is 0 Å². The third-order valence-electron chi connectivity index (χ3n) is 5.59. The third kappa shape index (κ3) is 4.89. The van der Waals surface area contributed by atoms with Crippen LogP contribution in [0.25, 0.3) is 0 Å². The van der Waals surface area contributed by atoms with E-state index in [1.165, 1.54) is 0 Å². The van der Waals surface area contributed by atoms with E-state index in [9.17, 15) is 9.59 Å². The highest BCUT2D eigenvalue weighted by Gasteiger charge is 2.37. The molecule has 1 aliphatic heterocycles. The van der Waals surface area contributed by atoms with Crippen molar-refractivity contribution >= 4 is 17.6 Å². The predicted octanol–water partition coefficient (Wildman–Crippen LogP) is 4.85. The van der Waals surface area contributed by atoms with Gasteiger partial charge in [0.1, 0.15) is 6.61 Å². The van der Waals surface area contributed by atoms with Crippen LogP contribution in [0.4, 0.5) is 5.69 Å². The Hall–Kier alpha value is -3.86. The summed E-state index contributed by atoms with van der Waals surface area (Å²) in [4.78, 5) is 27.3. The fraction of sp³-hybridized carbons (Fsp3) is 0.185. The highest BCUT2D eigenvalue weighted by Crippen LogP contribution is 2.30. The maximum atomic E-state index is 12.9. The zero-order chi connectivity index (χ0) is 22.3. The van der Waals surface area contributed by atoms with E-state index in [1.807, 2.05) is 79.7 Å². The molecule has 32 heavy (non-hydrogen) atoms. The molecular formula is C27H26N2O3. The second-order valence-electron chi connectivity index (χ2n) is 7.79. The second-order valence-corrected chi connectivity index (χ2v) is 7.79. The van der Waals surface area contributed by atoms with Gasteiger partial charge in [0.15, 0.2) is 0 Å². The van der Waals surface area contributed by atoms with Gasteiger partial charge in [-0.3, -0.25) is 4.79 Å². The summed E-state index contributed by atoms with van der Waals surface area (Å²) in [6, 6.07) is 27.8. The van der Waals surface area contributed by atoms with Gasteiger partial charge in [-0.2, -0.15) is 0 Å². The van der Waals surface area contributed by atoms with Crippen LogP contribution in [0, 0.1) is 0 Å². The number of ether oxygens (including phenoxy) is 1. The molecule has 0 saturated carbocycles. The van der Waals surface area contributed by atoms with Crippen LogP contribution in [0.3, 0.4) is 0 Å².